The van der Waals surface area contributed by atoms with Gasteiger partial charge >= 0.3 is 0 Å². The van der Waals surface area contributed by atoms with E-state index < -0.39 is 6.10 Å². The number of carbonyl (C=O) groups excluding carboxylic acids is 1. The fourth-order valence-electron chi connectivity index (χ4n) is 1.68. The molecule has 1 aromatic carbocycles. The zero-order chi connectivity index (χ0) is 13.0. The molecule has 1 atom stereocenters. The summed E-state index contributed by atoms with van der Waals surface area (Å²) in [5.74, 6) is 0.867. The summed E-state index contributed by atoms with van der Waals surface area (Å²) >= 11 is 3.30. The van der Waals surface area contributed by atoms with E-state index >= 15 is 0 Å². The summed E-state index contributed by atoms with van der Waals surface area (Å²) in [5, 5.41) is 9.43. The van der Waals surface area contributed by atoms with Crippen LogP contribution in [0.1, 0.15) is 22.8 Å². The van der Waals surface area contributed by atoms with E-state index in [-0.39, 0.29) is 0 Å². The highest BCUT2D eigenvalue weighted by Gasteiger charge is 2.19. The number of hydrogen-bond donors (Lipinski definition) is 1. The number of ether oxygens (including phenoxy) is 2. The number of methoxy groups -OCH3 is 2. The Hall–Kier alpha value is -1.07. The minimum absolute atomic E-state index is 0.382. The topological polar surface area (TPSA) is 55.8 Å². The summed E-state index contributed by atoms with van der Waals surface area (Å²) in [6.07, 6.45) is 0.636. The van der Waals surface area contributed by atoms with Crippen molar-refractivity contribution in [3.05, 3.63) is 21.7 Å². The van der Waals surface area contributed by atoms with Gasteiger partial charge in [0.25, 0.3) is 0 Å². The number of halogens is 1. The molecule has 1 unspecified atom stereocenters. The molecule has 0 saturated carbocycles. The zero-order valence-electron chi connectivity index (χ0n) is 9.99. The van der Waals surface area contributed by atoms with Crippen molar-refractivity contribution in [3.63, 3.8) is 0 Å². The molecule has 0 aliphatic heterocycles. The van der Waals surface area contributed by atoms with Gasteiger partial charge in [-0.2, -0.15) is 0 Å². The van der Waals surface area contributed by atoms with Crippen molar-refractivity contribution in [1.82, 2.24) is 0 Å². The van der Waals surface area contributed by atoms with Crippen LogP contribution in [0.2, 0.25) is 0 Å². The van der Waals surface area contributed by atoms with Gasteiger partial charge in [0.1, 0.15) is 0 Å². The Morgan fingerprint density at radius 2 is 2.00 bits per heavy atom. The fraction of sp³-hybridized carbons (Fsp3) is 0.417. The Morgan fingerprint density at radius 1 is 1.41 bits per heavy atom. The Morgan fingerprint density at radius 3 is 2.41 bits per heavy atom. The van der Waals surface area contributed by atoms with Crippen LogP contribution in [-0.4, -0.2) is 31.7 Å². The number of rotatable bonds is 5. The van der Waals surface area contributed by atoms with E-state index in [0.717, 1.165) is 5.56 Å². The number of hydrogen-bond acceptors (Lipinski definition) is 4. The summed E-state index contributed by atoms with van der Waals surface area (Å²) in [5.41, 5.74) is 1.19. The predicted molar refractivity (Wildman–Crippen MR) is 68.0 cm³/mol. The normalized spacial score (nSPS) is 12.1. The van der Waals surface area contributed by atoms with Gasteiger partial charge in [-0.25, -0.2) is 0 Å². The summed E-state index contributed by atoms with van der Waals surface area (Å²) in [6.45, 7) is 1.69. The highest BCUT2D eigenvalue weighted by molar-refractivity contribution is 9.10. The first-order chi connectivity index (χ1) is 8.04. The van der Waals surface area contributed by atoms with Crippen LogP contribution in [0.5, 0.6) is 11.5 Å². The van der Waals surface area contributed by atoms with Gasteiger partial charge < -0.3 is 14.6 Å². The van der Waals surface area contributed by atoms with Crippen LogP contribution in [0.3, 0.4) is 0 Å². The molecule has 0 amide bonds. The molecular formula is C12H15BrO4. The molecular weight excluding hydrogens is 288 g/mol. The molecule has 1 rings (SSSR count). The molecule has 0 aliphatic rings. The molecule has 17 heavy (non-hydrogen) atoms. The van der Waals surface area contributed by atoms with E-state index in [1.54, 1.807) is 13.0 Å². The van der Waals surface area contributed by atoms with Gasteiger partial charge in [-0.15, -0.1) is 0 Å². The number of carbonyl (C=O) groups is 1. The second-order valence-electron chi connectivity index (χ2n) is 3.67. The molecule has 0 fully saturated rings. The van der Waals surface area contributed by atoms with E-state index in [4.69, 9.17) is 9.47 Å². The maximum Gasteiger partial charge on any atom is 0.172 e. The lowest BCUT2D eigenvalue weighted by Gasteiger charge is -2.16. The van der Waals surface area contributed by atoms with E-state index in [2.05, 4.69) is 15.9 Å². The highest BCUT2D eigenvalue weighted by atomic mass is 79.9. The van der Waals surface area contributed by atoms with Gasteiger partial charge in [-0.1, -0.05) is 0 Å². The zero-order valence-corrected chi connectivity index (χ0v) is 11.6. The van der Waals surface area contributed by atoms with Gasteiger partial charge in [-0.3, -0.25) is 4.79 Å². The first-order valence-corrected chi connectivity index (χ1v) is 5.91. The average molecular weight is 303 g/mol. The van der Waals surface area contributed by atoms with Crippen LogP contribution in [0, 0.1) is 0 Å². The first-order valence-electron chi connectivity index (χ1n) is 5.11. The van der Waals surface area contributed by atoms with Gasteiger partial charge in [0.05, 0.1) is 25.9 Å². The van der Waals surface area contributed by atoms with Gasteiger partial charge in [-0.05, 0) is 28.9 Å². The maximum absolute atomic E-state index is 11.0. The molecule has 0 aliphatic carbocycles. The lowest BCUT2D eigenvalue weighted by Crippen LogP contribution is -2.08. The average Bonchev–Trinajstić information content (AvgIpc) is 2.27. The van der Waals surface area contributed by atoms with Crippen molar-refractivity contribution < 1.29 is 19.4 Å². The third kappa shape index (κ3) is 2.98. The standard InChI is InChI=1S/C12H15BrO4/c1-7(15)4-8-5-10(13)9(6-14)12(17-3)11(8)16-2/h5-7,15H,4H2,1-3H3. The third-order valence-electron chi connectivity index (χ3n) is 2.34. The maximum atomic E-state index is 11.0. The van der Waals surface area contributed by atoms with Crippen molar-refractivity contribution in [2.45, 2.75) is 19.4 Å². The number of aliphatic hydroxyl groups excluding tert-OH is 1. The third-order valence-corrected chi connectivity index (χ3v) is 3.00. The first kappa shape index (κ1) is 14.0. The molecule has 0 saturated heterocycles. The lowest BCUT2D eigenvalue weighted by molar-refractivity contribution is 0.111. The molecule has 0 bridgehead atoms. The Kier molecular flexibility index (Phi) is 4.96. The van der Waals surface area contributed by atoms with E-state index in [1.165, 1.54) is 14.2 Å². The summed E-state index contributed by atoms with van der Waals surface area (Å²) in [7, 11) is 2.98. The van der Waals surface area contributed by atoms with E-state index in [0.29, 0.717) is 34.2 Å². The van der Waals surface area contributed by atoms with Gasteiger partial charge in [0, 0.05) is 16.5 Å². The van der Waals surface area contributed by atoms with Crippen molar-refractivity contribution in [3.8, 4) is 11.5 Å². The molecule has 94 valence electrons. The van der Waals surface area contributed by atoms with Crippen molar-refractivity contribution in [2.24, 2.45) is 0 Å². The Labute approximate surface area is 109 Å². The van der Waals surface area contributed by atoms with Crippen LogP contribution in [0.25, 0.3) is 0 Å². The quantitative estimate of drug-likeness (QED) is 0.847. The molecule has 1 N–H and O–H groups in total. The molecule has 0 spiro atoms. The van der Waals surface area contributed by atoms with Crippen molar-refractivity contribution >= 4 is 22.2 Å². The van der Waals surface area contributed by atoms with Crippen LogP contribution in [-0.2, 0) is 6.42 Å². The number of aliphatic hydroxyl groups is 1. The summed E-state index contributed by atoms with van der Waals surface area (Å²) in [4.78, 5) is 11.0. The van der Waals surface area contributed by atoms with Crippen LogP contribution < -0.4 is 9.47 Å². The van der Waals surface area contributed by atoms with Gasteiger partial charge in [0.2, 0.25) is 0 Å². The molecule has 0 heterocycles. The van der Waals surface area contributed by atoms with E-state index in [1.807, 2.05) is 0 Å². The van der Waals surface area contributed by atoms with Gasteiger partial charge in [0.15, 0.2) is 17.8 Å². The van der Waals surface area contributed by atoms with E-state index in [9.17, 15) is 9.90 Å². The van der Waals surface area contributed by atoms with Crippen LogP contribution >= 0.6 is 15.9 Å². The largest absolute Gasteiger partial charge is 0.493 e. The second-order valence-corrected chi connectivity index (χ2v) is 4.52. The SMILES string of the molecule is COc1c(CC(C)O)cc(Br)c(C=O)c1OC. The molecule has 4 nitrogen and oxygen atoms in total. The number of benzene rings is 1. The summed E-state index contributed by atoms with van der Waals surface area (Å²) < 4.78 is 11.1. The minimum atomic E-state index is -0.498. The molecule has 1 aromatic rings. The fourth-order valence-corrected chi connectivity index (χ4v) is 2.23. The minimum Gasteiger partial charge on any atom is -0.493 e. The molecule has 0 radical (unpaired) electrons. The van der Waals surface area contributed by atoms with Crippen molar-refractivity contribution in [2.75, 3.05) is 14.2 Å². The second kappa shape index (κ2) is 6.02. The lowest BCUT2D eigenvalue weighted by atomic mass is 10.0. The summed E-state index contributed by atoms with van der Waals surface area (Å²) in [6, 6.07) is 1.76. The smallest absolute Gasteiger partial charge is 0.172 e. The monoisotopic (exact) mass is 302 g/mol. The predicted octanol–water partition coefficient (Wildman–Crippen LogP) is 2.20. The molecule has 0 aromatic heterocycles. The number of aldehydes is 1. The Balaban J connectivity index is 3.41. The highest BCUT2D eigenvalue weighted by Crippen LogP contribution is 2.39. The van der Waals surface area contributed by atoms with Crippen LogP contribution in [0.4, 0.5) is 0 Å². The molecule has 5 heteroatoms. The Bertz CT molecular complexity index is 415. The van der Waals surface area contributed by atoms with Crippen LogP contribution in [0.15, 0.2) is 10.5 Å². The van der Waals surface area contributed by atoms with Crippen molar-refractivity contribution in [1.29, 1.82) is 0 Å².